The van der Waals surface area contributed by atoms with Crippen molar-refractivity contribution >= 4 is 5.69 Å². The molecule has 0 amide bonds. The summed E-state index contributed by atoms with van der Waals surface area (Å²) in [5.74, 6) is 2.47. The van der Waals surface area contributed by atoms with Gasteiger partial charge in [0, 0.05) is 24.8 Å². The predicted molar refractivity (Wildman–Crippen MR) is 82.3 cm³/mol. The molecule has 0 aromatic heterocycles. The van der Waals surface area contributed by atoms with Crippen LogP contribution in [0.5, 0.6) is 5.75 Å². The summed E-state index contributed by atoms with van der Waals surface area (Å²) in [4.78, 5) is 2.50. The van der Waals surface area contributed by atoms with Crippen LogP contribution in [0.3, 0.4) is 0 Å². The fraction of sp³-hybridized carbons (Fsp3) is 0.647. The van der Waals surface area contributed by atoms with Crippen LogP contribution in [0.25, 0.3) is 0 Å². The lowest BCUT2D eigenvalue weighted by atomic mass is 9.94. The predicted octanol–water partition coefficient (Wildman–Crippen LogP) is 4.45. The SMILES string of the molecule is CCC1CCN(c2ccc(C(C)C)c(OC)c2)CC1. The third-order valence-electron chi connectivity index (χ3n) is 4.40. The van der Waals surface area contributed by atoms with Crippen LogP contribution in [0.15, 0.2) is 18.2 Å². The molecule has 1 aromatic carbocycles. The highest BCUT2D eigenvalue weighted by atomic mass is 16.5. The van der Waals surface area contributed by atoms with E-state index in [1.165, 1.54) is 43.6 Å². The molecular weight excluding hydrogens is 234 g/mol. The third kappa shape index (κ3) is 3.23. The Hall–Kier alpha value is -1.18. The van der Waals surface area contributed by atoms with Gasteiger partial charge in [0.2, 0.25) is 0 Å². The first-order valence-electron chi connectivity index (χ1n) is 7.58. The monoisotopic (exact) mass is 261 g/mol. The lowest BCUT2D eigenvalue weighted by Gasteiger charge is -2.33. The molecule has 2 rings (SSSR count). The Kier molecular flexibility index (Phi) is 4.73. The highest BCUT2D eigenvalue weighted by Crippen LogP contribution is 2.32. The van der Waals surface area contributed by atoms with Crippen LogP contribution in [-0.4, -0.2) is 20.2 Å². The molecule has 0 atom stereocenters. The maximum atomic E-state index is 5.55. The molecule has 1 heterocycles. The van der Waals surface area contributed by atoms with Crippen molar-refractivity contribution in [3.05, 3.63) is 23.8 Å². The van der Waals surface area contributed by atoms with Crippen molar-refractivity contribution < 1.29 is 4.74 Å². The number of anilines is 1. The molecule has 2 heteroatoms. The van der Waals surface area contributed by atoms with Gasteiger partial charge in [-0.15, -0.1) is 0 Å². The summed E-state index contributed by atoms with van der Waals surface area (Å²) in [6.07, 6.45) is 3.97. The van der Waals surface area contributed by atoms with Crippen LogP contribution in [0, 0.1) is 5.92 Å². The van der Waals surface area contributed by atoms with Crippen molar-refractivity contribution in [3.8, 4) is 5.75 Å². The molecule has 0 unspecified atom stereocenters. The molecule has 0 bridgehead atoms. The summed E-state index contributed by atoms with van der Waals surface area (Å²) >= 11 is 0. The number of nitrogens with zero attached hydrogens (tertiary/aromatic N) is 1. The fourth-order valence-electron chi connectivity index (χ4n) is 2.97. The number of benzene rings is 1. The molecule has 1 aliphatic heterocycles. The van der Waals surface area contributed by atoms with Gasteiger partial charge < -0.3 is 9.64 Å². The topological polar surface area (TPSA) is 12.5 Å². The Morgan fingerprint density at radius 1 is 1.26 bits per heavy atom. The van der Waals surface area contributed by atoms with Crippen molar-refractivity contribution in [1.29, 1.82) is 0 Å². The summed E-state index contributed by atoms with van der Waals surface area (Å²) in [5.41, 5.74) is 2.62. The van der Waals surface area contributed by atoms with Crippen molar-refractivity contribution in [2.24, 2.45) is 5.92 Å². The molecule has 1 aliphatic rings. The second-order valence-corrected chi connectivity index (χ2v) is 5.92. The molecule has 1 saturated heterocycles. The van der Waals surface area contributed by atoms with E-state index in [4.69, 9.17) is 4.74 Å². The van der Waals surface area contributed by atoms with Crippen LogP contribution in [0.2, 0.25) is 0 Å². The van der Waals surface area contributed by atoms with Gasteiger partial charge in [-0.25, -0.2) is 0 Å². The molecule has 0 saturated carbocycles. The minimum atomic E-state index is 0.509. The average molecular weight is 261 g/mol. The number of ether oxygens (including phenoxy) is 1. The third-order valence-corrected chi connectivity index (χ3v) is 4.40. The number of rotatable bonds is 4. The van der Waals surface area contributed by atoms with Crippen molar-refractivity contribution in [1.82, 2.24) is 0 Å². The molecule has 1 aromatic rings. The molecular formula is C17H27NO. The van der Waals surface area contributed by atoms with Gasteiger partial charge >= 0.3 is 0 Å². The largest absolute Gasteiger partial charge is 0.496 e. The van der Waals surface area contributed by atoms with Crippen molar-refractivity contribution in [2.45, 2.75) is 46.0 Å². The molecule has 19 heavy (non-hydrogen) atoms. The maximum absolute atomic E-state index is 5.55. The van der Waals surface area contributed by atoms with Crippen LogP contribution in [0.1, 0.15) is 51.5 Å². The van der Waals surface area contributed by atoms with Crippen molar-refractivity contribution in [2.75, 3.05) is 25.1 Å². The molecule has 0 radical (unpaired) electrons. The summed E-state index contributed by atoms with van der Waals surface area (Å²) in [6, 6.07) is 6.69. The van der Waals surface area contributed by atoms with Gasteiger partial charge in [0.05, 0.1) is 7.11 Å². The van der Waals surface area contributed by atoms with Gasteiger partial charge in [-0.1, -0.05) is 33.3 Å². The van der Waals surface area contributed by atoms with E-state index in [1.54, 1.807) is 7.11 Å². The molecule has 0 spiro atoms. The van der Waals surface area contributed by atoms with Crippen LogP contribution in [0.4, 0.5) is 5.69 Å². The van der Waals surface area contributed by atoms with E-state index in [1.807, 2.05) is 0 Å². The average Bonchev–Trinajstić information content (AvgIpc) is 2.46. The molecule has 1 fully saturated rings. The van der Waals surface area contributed by atoms with Gasteiger partial charge in [0.1, 0.15) is 5.75 Å². The first-order chi connectivity index (χ1) is 9.15. The lowest BCUT2D eigenvalue weighted by molar-refractivity contribution is 0.392. The van der Waals surface area contributed by atoms with E-state index < -0.39 is 0 Å². The quantitative estimate of drug-likeness (QED) is 0.794. The Morgan fingerprint density at radius 3 is 2.47 bits per heavy atom. The highest BCUT2D eigenvalue weighted by molar-refractivity contribution is 5.54. The molecule has 106 valence electrons. The Bertz CT molecular complexity index is 406. The zero-order valence-corrected chi connectivity index (χ0v) is 12.8. The van der Waals surface area contributed by atoms with E-state index in [0.29, 0.717) is 5.92 Å². The first kappa shape index (κ1) is 14.2. The van der Waals surface area contributed by atoms with Gasteiger partial charge in [0.25, 0.3) is 0 Å². The summed E-state index contributed by atoms with van der Waals surface area (Å²) in [7, 11) is 1.77. The summed E-state index contributed by atoms with van der Waals surface area (Å²) in [5, 5.41) is 0. The summed E-state index contributed by atoms with van der Waals surface area (Å²) in [6.45, 7) is 9.10. The molecule has 0 N–H and O–H groups in total. The minimum Gasteiger partial charge on any atom is -0.496 e. The Labute approximate surface area is 117 Å². The Balaban J connectivity index is 2.13. The van der Waals surface area contributed by atoms with Crippen LogP contribution >= 0.6 is 0 Å². The van der Waals surface area contributed by atoms with Gasteiger partial charge in [-0.3, -0.25) is 0 Å². The Morgan fingerprint density at radius 2 is 1.95 bits per heavy atom. The van der Waals surface area contributed by atoms with E-state index in [9.17, 15) is 0 Å². The maximum Gasteiger partial charge on any atom is 0.124 e. The lowest BCUT2D eigenvalue weighted by Crippen LogP contribution is -2.33. The summed E-state index contributed by atoms with van der Waals surface area (Å²) < 4.78 is 5.55. The van der Waals surface area contributed by atoms with Gasteiger partial charge in [0.15, 0.2) is 0 Å². The van der Waals surface area contributed by atoms with Crippen LogP contribution < -0.4 is 9.64 Å². The van der Waals surface area contributed by atoms with Gasteiger partial charge in [-0.05, 0) is 36.3 Å². The van der Waals surface area contributed by atoms with Gasteiger partial charge in [-0.2, -0.15) is 0 Å². The minimum absolute atomic E-state index is 0.509. The number of piperidine rings is 1. The number of methoxy groups -OCH3 is 1. The zero-order chi connectivity index (χ0) is 13.8. The first-order valence-corrected chi connectivity index (χ1v) is 7.58. The highest BCUT2D eigenvalue weighted by Gasteiger charge is 2.19. The van der Waals surface area contributed by atoms with E-state index in [0.717, 1.165) is 11.7 Å². The fourth-order valence-corrected chi connectivity index (χ4v) is 2.97. The standard InChI is InChI=1S/C17H27NO/c1-5-14-8-10-18(11-9-14)15-6-7-16(13(2)3)17(12-15)19-4/h6-7,12-14H,5,8-11H2,1-4H3. The normalized spacial score (nSPS) is 17.0. The van der Waals surface area contributed by atoms with Crippen molar-refractivity contribution in [3.63, 3.8) is 0 Å². The molecule has 0 aliphatic carbocycles. The van der Waals surface area contributed by atoms with E-state index in [2.05, 4.69) is 43.9 Å². The second-order valence-electron chi connectivity index (χ2n) is 5.92. The smallest absolute Gasteiger partial charge is 0.124 e. The number of hydrogen-bond acceptors (Lipinski definition) is 2. The van der Waals surface area contributed by atoms with Crippen LogP contribution in [-0.2, 0) is 0 Å². The number of hydrogen-bond donors (Lipinski definition) is 0. The zero-order valence-electron chi connectivity index (χ0n) is 12.8. The molecule has 2 nitrogen and oxygen atoms in total. The second kappa shape index (κ2) is 6.31. The van der Waals surface area contributed by atoms with E-state index in [-0.39, 0.29) is 0 Å². The van der Waals surface area contributed by atoms with E-state index >= 15 is 0 Å².